The number of hydrogen-bond donors (Lipinski definition) is 2. The summed E-state index contributed by atoms with van der Waals surface area (Å²) in [6, 6.07) is 14.3. The van der Waals surface area contributed by atoms with Crippen LogP contribution >= 0.6 is 11.6 Å². The Morgan fingerprint density at radius 2 is 1.95 bits per heavy atom. The lowest BCUT2D eigenvalue weighted by atomic mass is 10.1. The van der Waals surface area contributed by atoms with Crippen LogP contribution < -0.4 is 5.32 Å². The van der Waals surface area contributed by atoms with Gasteiger partial charge in [-0.25, -0.2) is 0 Å². The normalized spacial score (nSPS) is 11.9. The van der Waals surface area contributed by atoms with Crippen molar-refractivity contribution in [1.82, 2.24) is 5.32 Å². The molecule has 0 bridgehead atoms. The van der Waals surface area contributed by atoms with Crippen LogP contribution in [-0.2, 0) is 0 Å². The van der Waals surface area contributed by atoms with Crippen molar-refractivity contribution in [3.05, 3.63) is 65.2 Å². The van der Waals surface area contributed by atoms with Crippen LogP contribution in [0.2, 0.25) is 0 Å². The van der Waals surface area contributed by atoms with Gasteiger partial charge in [0.05, 0.1) is 5.38 Å². The molecule has 2 rings (SSSR count). The number of carbonyl (C=O) groups is 1. The number of hydrogen-bond acceptors (Lipinski definition) is 2. The number of phenols is 1. The number of amides is 1. The van der Waals surface area contributed by atoms with Crippen molar-refractivity contribution in [3.8, 4) is 5.75 Å². The van der Waals surface area contributed by atoms with Crippen molar-refractivity contribution in [1.29, 1.82) is 0 Å². The van der Waals surface area contributed by atoms with Gasteiger partial charge >= 0.3 is 0 Å². The molecule has 0 spiro atoms. The number of rotatable bonds is 4. The lowest BCUT2D eigenvalue weighted by molar-refractivity contribution is 0.0953. The molecule has 1 unspecified atom stereocenters. The van der Waals surface area contributed by atoms with Crippen molar-refractivity contribution in [2.45, 2.75) is 12.3 Å². The first-order chi connectivity index (χ1) is 9.58. The number of nitrogens with one attached hydrogen (secondary N) is 1. The molecule has 2 aromatic carbocycles. The molecule has 2 aromatic rings. The molecule has 0 fully saturated rings. The van der Waals surface area contributed by atoms with Crippen LogP contribution in [0.15, 0.2) is 48.5 Å². The van der Waals surface area contributed by atoms with Crippen LogP contribution in [0.4, 0.5) is 0 Å². The van der Waals surface area contributed by atoms with E-state index in [0.29, 0.717) is 12.1 Å². The number of phenolic OH excluding ortho intramolecular Hbond substituents is 1. The number of aryl methyl sites for hydroxylation is 1. The largest absolute Gasteiger partial charge is 0.508 e. The van der Waals surface area contributed by atoms with Gasteiger partial charge in [-0.2, -0.15) is 0 Å². The van der Waals surface area contributed by atoms with E-state index >= 15 is 0 Å². The minimum atomic E-state index is -0.266. The third kappa shape index (κ3) is 3.52. The molecule has 0 heterocycles. The summed E-state index contributed by atoms with van der Waals surface area (Å²) in [5, 5.41) is 11.9. The SMILES string of the molecule is Cc1cc(O)ccc1C(=O)NCC(Cl)c1ccccc1. The number of alkyl halides is 1. The number of benzene rings is 2. The number of halogens is 1. The van der Waals surface area contributed by atoms with E-state index < -0.39 is 0 Å². The summed E-state index contributed by atoms with van der Waals surface area (Å²) in [6.07, 6.45) is 0. The second kappa shape index (κ2) is 6.44. The van der Waals surface area contributed by atoms with Crippen LogP contribution in [0.3, 0.4) is 0 Å². The van der Waals surface area contributed by atoms with Crippen LogP contribution in [0, 0.1) is 6.92 Å². The molecule has 3 nitrogen and oxygen atoms in total. The van der Waals surface area contributed by atoms with Crippen molar-refractivity contribution >= 4 is 17.5 Å². The summed E-state index contributed by atoms with van der Waals surface area (Å²) < 4.78 is 0. The Morgan fingerprint density at radius 3 is 2.60 bits per heavy atom. The average Bonchev–Trinajstić information content (AvgIpc) is 2.45. The summed E-state index contributed by atoms with van der Waals surface area (Å²) in [5.41, 5.74) is 2.24. The van der Waals surface area contributed by atoms with Gasteiger partial charge in [0.15, 0.2) is 0 Å². The Balaban J connectivity index is 1.99. The van der Waals surface area contributed by atoms with Gasteiger partial charge in [0, 0.05) is 12.1 Å². The first-order valence-corrected chi connectivity index (χ1v) is 6.78. The van der Waals surface area contributed by atoms with Gasteiger partial charge in [0.2, 0.25) is 0 Å². The van der Waals surface area contributed by atoms with Gasteiger partial charge in [-0.3, -0.25) is 4.79 Å². The molecule has 0 saturated carbocycles. The highest BCUT2D eigenvalue weighted by atomic mass is 35.5. The van der Waals surface area contributed by atoms with E-state index in [-0.39, 0.29) is 17.0 Å². The van der Waals surface area contributed by atoms with E-state index in [4.69, 9.17) is 11.6 Å². The Bertz CT molecular complexity index is 599. The summed E-state index contributed by atoms with van der Waals surface area (Å²) >= 11 is 6.25. The third-order valence-electron chi connectivity index (χ3n) is 3.06. The van der Waals surface area contributed by atoms with Gasteiger partial charge in [-0.05, 0) is 36.2 Å². The van der Waals surface area contributed by atoms with Crippen molar-refractivity contribution in [3.63, 3.8) is 0 Å². The van der Waals surface area contributed by atoms with Crippen molar-refractivity contribution < 1.29 is 9.90 Å². The fraction of sp³-hybridized carbons (Fsp3) is 0.188. The molecular weight excluding hydrogens is 274 g/mol. The van der Waals surface area contributed by atoms with Crippen LogP contribution in [-0.4, -0.2) is 17.6 Å². The van der Waals surface area contributed by atoms with E-state index in [0.717, 1.165) is 11.1 Å². The summed E-state index contributed by atoms with van der Waals surface area (Å²) in [5.74, 6) is -0.0392. The van der Waals surface area contributed by atoms with E-state index in [9.17, 15) is 9.90 Å². The summed E-state index contributed by atoms with van der Waals surface area (Å²) in [6.45, 7) is 2.13. The molecule has 0 saturated heterocycles. The maximum Gasteiger partial charge on any atom is 0.251 e. The van der Waals surface area contributed by atoms with Gasteiger partial charge < -0.3 is 10.4 Å². The lowest BCUT2D eigenvalue weighted by Crippen LogP contribution is -2.27. The topological polar surface area (TPSA) is 49.3 Å². The fourth-order valence-electron chi connectivity index (χ4n) is 1.96. The van der Waals surface area contributed by atoms with Crippen LogP contribution in [0.25, 0.3) is 0 Å². The van der Waals surface area contributed by atoms with Crippen molar-refractivity contribution in [2.24, 2.45) is 0 Å². The Morgan fingerprint density at radius 1 is 1.25 bits per heavy atom. The number of carbonyl (C=O) groups excluding carboxylic acids is 1. The molecule has 0 aliphatic carbocycles. The van der Waals surface area contributed by atoms with Crippen LogP contribution in [0.1, 0.15) is 26.9 Å². The molecule has 0 aliphatic heterocycles. The lowest BCUT2D eigenvalue weighted by Gasteiger charge is -2.12. The highest BCUT2D eigenvalue weighted by Gasteiger charge is 2.12. The van der Waals surface area contributed by atoms with E-state index in [2.05, 4.69) is 5.32 Å². The highest BCUT2D eigenvalue weighted by molar-refractivity contribution is 6.21. The molecule has 104 valence electrons. The molecule has 1 amide bonds. The highest BCUT2D eigenvalue weighted by Crippen LogP contribution is 2.19. The smallest absolute Gasteiger partial charge is 0.251 e. The second-order valence-corrected chi connectivity index (χ2v) is 5.11. The van der Waals surface area contributed by atoms with Crippen molar-refractivity contribution in [2.75, 3.05) is 6.54 Å². The molecule has 20 heavy (non-hydrogen) atoms. The van der Waals surface area contributed by atoms with Gasteiger partial charge in [0.25, 0.3) is 5.91 Å². The first kappa shape index (κ1) is 14.4. The standard InChI is InChI=1S/C16H16ClNO2/c1-11-9-13(19)7-8-14(11)16(20)18-10-15(17)12-5-3-2-4-6-12/h2-9,15,19H,10H2,1H3,(H,18,20). The quantitative estimate of drug-likeness (QED) is 0.848. The Kier molecular flexibility index (Phi) is 4.64. The molecule has 0 radical (unpaired) electrons. The van der Waals surface area contributed by atoms with E-state index in [1.165, 1.54) is 6.07 Å². The fourth-order valence-corrected chi connectivity index (χ4v) is 2.18. The molecule has 0 aromatic heterocycles. The minimum Gasteiger partial charge on any atom is -0.508 e. The zero-order valence-corrected chi connectivity index (χ0v) is 11.9. The van der Waals surface area contributed by atoms with Gasteiger partial charge in [0.1, 0.15) is 5.75 Å². The Labute approximate surface area is 123 Å². The van der Waals surface area contributed by atoms with Gasteiger partial charge in [-0.1, -0.05) is 30.3 Å². The molecule has 0 aliphatic rings. The first-order valence-electron chi connectivity index (χ1n) is 6.35. The minimum absolute atomic E-state index is 0.151. The zero-order valence-electron chi connectivity index (χ0n) is 11.1. The second-order valence-electron chi connectivity index (χ2n) is 4.59. The van der Waals surface area contributed by atoms with Crippen LogP contribution in [0.5, 0.6) is 5.75 Å². The third-order valence-corrected chi connectivity index (χ3v) is 3.46. The molecule has 2 N–H and O–H groups in total. The van der Waals surface area contributed by atoms with E-state index in [1.807, 2.05) is 30.3 Å². The average molecular weight is 290 g/mol. The number of aromatic hydroxyl groups is 1. The Hall–Kier alpha value is -2.00. The maximum atomic E-state index is 12.1. The molecular formula is C16H16ClNO2. The monoisotopic (exact) mass is 289 g/mol. The molecule has 4 heteroatoms. The van der Waals surface area contributed by atoms with E-state index in [1.54, 1.807) is 19.1 Å². The predicted molar refractivity (Wildman–Crippen MR) is 80.2 cm³/mol. The predicted octanol–water partition coefficient (Wildman–Crippen LogP) is 3.41. The maximum absolute atomic E-state index is 12.1. The summed E-state index contributed by atoms with van der Waals surface area (Å²) in [4.78, 5) is 12.1. The van der Waals surface area contributed by atoms with Gasteiger partial charge in [-0.15, -0.1) is 11.6 Å². The zero-order chi connectivity index (χ0) is 14.5. The summed E-state index contributed by atoms with van der Waals surface area (Å²) in [7, 11) is 0. The molecule has 1 atom stereocenters.